The summed E-state index contributed by atoms with van der Waals surface area (Å²) in [5, 5.41) is 10.8. The van der Waals surface area contributed by atoms with Gasteiger partial charge in [-0.2, -0.15) is 5.10 Å². The number of aryl methyl sites for hydroxylation is 1. The highest BCUT2D eigenvalue weighted by Crippen LogP contribution is 2.28. The van der Waals surface area contributed by atoms with Crippen LogP contribution in [0.15, 0.2) is 24.3 Å². The van der Waals surface area contributed by atoms with E-state index in [1.807, 2.05) is 19.1 Å². The van der Waals surface area contributed by atoms with Crippen LogP contribution in [0.1, 0.15) is 31.5 Å². The largest absolute Gasteiger partial charge is 0.382 e. The van der Waals surface area contributed by atoms with Gasteiger partial charge in [-0.25, -0.2) is 4.98 Å². The van der Waals surface area contributed by atoms with Crippen LogP contribution in [-0.2, 0) is 0 Å². The highest BCUT2D eigenvalue weighted by atomic mass is 15.2. The first-order valence-corrected chi connectivity index (χ1v) is 7.72. The minimum Gasteiger partial charge on any atom is -0.382 e. The Hall–Kier alpha value is -1.88. The fourth-order valence-electron chi connectivity index (χ4n) is 3.11. The molecule has 0 spiro atoms. The summed E-state index contributed by atoms with van der Waals surface area (Å²) in [4.78, 5) is 4.39. The quantitative estimate of drug-likeness (QED) is 0.807. The number of nitrogens with zero attached hydrogens (tertiary/aromatic N) is 2. The SMILES string of the molecule is Cc1nc(-c2cccc(NC3CCCCC3CN)c2)n[nH]1. The predicted molar refractivity (Wildman–Crippen MR) is 85.0 cm³/mol. The number of aromatic nitrogens is 3. The molecule has 0 radical (unpaired) electrons. The van der Waals surface area contributed by atoms with Crippen LogP contribution in [0, 0.1) is 12.8 Å². The first-order chi connectivity index (χ1) is 10.3. The van der Waals surface area contributed by atoms with Crippen LogP contribution >= 0.6 is 0 Å². The summed E-state index contributed by atoms with van der Waals surface area (Å²) in [7, 11) is 0. The highest BCUT2D eigenvalue weighted by molar-refractivity contribution is 5.62. The van der Waals surface area contributed by atoms with Gasteiger partial charge in [-0.1, -0.05) is 25.0 Å². The van der Waals surface area contributed by atoms with E-state index in [-0.39, 0.29) is 0 Å². The van der Waals surface area contributed by atoms with E-state index in [1.54, 1.807) is 0 Å². The van der Waals surface area contributed by atoms with E-state index in [2.05, 4.69) is 32.6 Å². The van der Waals surface area contributed by atoms with Gasteiger partial charge in [0.2, 0.25) is 0 Å². The number of hydrogen-bond donors (Lipinski definition) is 3. The van der Waals surface area contributed by atoms with Crippen molar-refractivity contribution >= 4 is 5.69 Å². The molecule has 2 aromatic rings. The number of rotatable bonds is 4. The van der Waals surface area contributed by atoms with Crippen LogP contribution in [0.4, 0.5) is 5.69 Å². The molecule has 1 aromatic heterocycles. The molecule has 0 bridgehead atoms. The van der Waals surface area contributed by atoms with Gasteiger partial charge in [0.25, 0.3) is 0 Å². The molecule has 1 aliphatic carbocycles. The second-order valence-electron chi connectivity index (χ2n) is 5.86. The van der Waals surface area contributed by atoms with Gasteiger partial charge in [0.1, 0.15) is 5.82 Å². The standard InChI is InChI=1S/C16H23N5/c1-11-18-16(21-20-11)12-6-4-7-14(9-12)19-15-8-3-2-5-13(15)10-17/h4,6-7,9,13,15,19H,2-3,5,8,10,17H2,1H3,(H,18,20,21). The number of H-pyrrole nitrogens is 1. The molecule has 1 aromatic carbocycles. The van der Waals surface area contributed by atoms with Crippen molar-refractivity contribution in [3.63, 3.8) is 0 Å². The molecule has 1 heterocycles. The van der Waals surface area contributed by atoms with E-state index in [9.17, 15) is 0 Å². The van der Waals surface area contributed by atoms with Crippen molar-refractivity contribution in [1.82, 2.24) is 15.2 Å². The Kier molecular flexibility index (Phi) is 4.20. The van der Waals surface area contributed by atoms with Gasteiger partial charge in [0.05, 0.1) is 0 Å². The molecule has 1 saturated carbocycles. The number of hydrogen-bond acceptors (Lipinski definition) is 4. The number of aromatic amines is 1. The van der Waals surface area contributed by atoms with Crippen molar-refractivity contribution in [2.24, 2.45) is 11.7 Å². The zero-order chi connectivity index (χ0) is 14.7. The lowest BCUT2D eigenvalue weighted by Crippen LogP contribution is -2.36. The van der Waals surface area contributed by atoms with Crippen LogP contribution in [-0.4, -0.2) is 27.8 Å². The van der Waals surface area contributed by atoms with E-state index >= 15 is 0 Å². The molecule has 112 valence electrons. The van der Waals surface area contributed by atoms with E-state index in [1.165, 1.54) is 25.7 Å². The number of nitrogens with two attached hydrogens (primary N) is 1. The average Bonchev–Trinajstić information content (AvgIpc) is 2.95. The Bertz CT molecular complexity index is 592. The second kappa shape index (κ2) is 6.26. The zero-order valence-electron chi connectivity index (χ0n) is 12.5. The first-order valence-electron chi connectivity index (χ1n) is 7.72. The van der Waals surface area contributed by atoms with Crippen molar-refractivity contribution in [3.8, 4) is 11.4 Å². The molecule has 0 amide bonds. The second-order valence-corrected chi connectivity index (χ2v) is 5.86. The van der Waals surface area contributed by atoms with Gasteiger partial charge < -0.3 is 11.1 Å². The fraction of sp³-hybridized carbons (Fsp3) is 0.500. The Balaban J connectivity index is 1.76. The summed E-state index contributed by atoms with van der Waals surface area (Å²) in [6.07, 6.45) is 5.02. The summed E-state index contributed by atoms with van der Waals surface area (Å²) in [6.45, 7) is 2.67. The van der Waals surface area contributed by atoms with Gasteiger partial charge in [0, 0.05) is 17.3 Å². The monoisotopic (exact) mass is 285 g/mol. The van der Waals surface area contributed by atoms with Crippen molar-refractivity contribution in [2.45, 2.75) is 38.6 Å². The maximum atomic E-state index is 5.91. The summed E-state index contributed by atoms with van der Waals surface area (Å²) in [5.74, 6) is 2.15. The maximum absolute atomic E-state index is 5.91. The molecular weight excluding hydrogens is 262 g/mol. The smallest absolute Gasteiger partial charge is 0.181 e. The number of anilines is 1. The molecule has 2 atom stereocenters. The maximum Gasteiger partial charge on any atom is 0.181 e. The molecular formula is C16H23N5. The third-order valence-corrected chi connectivity index (χ3v) is 4.28. The Morgan fingerprint density at radius 3 is 2.95 bits per heavy atom. The summed E-state index contributed by atoms with van der Waals surface area (Å²) in [6, 6.07) is 8.78. The van der Waals surface area contributed by atoms with Crippen molar-refractivity contribution in [3.05, 3.63) is 30.1 Å². The Morgan fingerprint density at radius 2 is 2.19 bits per heavy atom. The molecule has 21 heavy (non-hydrogen) atoms. The average molecular weight is 285 g/mol. The van der Waals surface area contributed by atoms with Gasteiger partial charge >= 0.3 is 0 Å². The van der Waals surface area contributed by atoms with Crippen molar-refractivity contribution in [2.75, 3.05) is 11.9 Å². The van der Waals surface area contributed by atoms with Gasteiger partial charge in [0.15, 0.2) is 5.82 Å². The lowest BCUT2D eigenvalue weighted by molar-refractivity contribution is 0.332. The fourth-order valence-corrected chi connectivity index (χ4v) is 3.11. The van der Waals surface area contributed by atoms with Crippen molar-refractivity contribution < 1.29 is 0 Å². The van der Waals surface area contributed by atoms with Crippen LogP contribution in [0.3, 0.4) is 0 Å². The lowest BCUT2D eigenvalue weighted by atomic mass is 9.84. The number of benzene rings is 1. The topological polar surface area (TPSA) is 79.6 Å². The molecule has 3 rings (SSSR count). The van der Waals surface area contributed by atoms with Gasteiger partial charge in [-0.05, 0) is 44.4 Å². The van der Waals surface area contributed by atoms with Gasteiger partial charge in [-0.3, -0.25) is 5.10 Å². The van der Waals surface area contributed by atoms with E-state index < -0.39 is 0 Å². The minimum atomic E-state index is 0.480. The molecule has 5 heteroatoms. The van der Waals surface area contributed by atoms with Crippen LogP contribution in [0.2, 0.25) is 0 Å². The van der Waals surface area contributed by atoms with Crippen LogP contribution < -0.4 is 11.1 Å². The summed E-state index contributed by atoms with van der Waals surface area (Å²) >= 11 is 0. The minimum absolute atomic E-state index is 0.480. The van der Waals surface area contributed by atoms with Crippen molar-refractivity contribution in [1.29, 1.82) is 0 Å². The normalized spacial score (nSPS) is 22.2. The lowest BCUT2D eigenvalue weighted by Gasteiger charge is -2.32. The predicted octanol–water partition coefficient (Wildman–Crippen LogP) is 2.71. The molecule has 0 aliphatic heterocycles. The third-order valence-electron chi connectivity index (χ3n) is 4.28. The summed E-state index contributed by atoms with van der Waals surface area (Å²) in [5.41, 5.74) is 8.06. The van der Waals surface area contributed by atoms with E-state index in [0.29, 0.717) is 12.0 Å². The highest BCUT2D eigenvalue weighted by Gasteiger charge is 2.23. The first kappa shape index (κ1) is 14.1. The summed E-state index contributed by atoms with van der Waals surface area (Å²) < 4.78 is 0. The molecule has 2 unspecified atom stereocenters. The molecule has 4 N–H and O–H groups in total. The third kappa shape index (κ3) is 3.24. The van der Waals surface area contributed by atoms with E-state index in [0.717, 1.165) is 29.4 Å². The van der Waals surface area contributed by atoms with E-state index in [4.69, 9.17) is 5.73 Å². The number of nitrogens with one attached hydrogen (secondary N) is 2. The van der Waals surface area contributed by atoms with Gasteiger partial charge in [-0.15, -0.1) is 0 Å². The molecule has 1 aliphatic rings. The molecule has 1 fully saturated rings. The van der Waals surface area contributed by atoms with Crippen LogP contribution in [0.25, 0.3) is 11.4 Å². The van der Waals surface area contributed by atoms with Crippen LogP contribution in [0.5, 0.6) is 0 Å². The molecule has 5 nitrogen and oxygen atoms in total. The molecule has 0 saturated heterocycles. The Labute approximate surface area is 125 Å². The zero-order valence-corrected chi connectivity index (χ0v) is 12.5. The Morgan fingerprint density at radius 1 is 1.33 bits per heavy atom.